The minimum atomic E-state index is -0.214. The van der Waals surface area contributed by atoms with Crippen molar-refractivity contribution in [3.63, 3.8) is 0 Å². The number of rotatable bonds is 5. The molecule has 0 aromatic rings. The fourth-order valence-electron chi connectivity index (χ4n) is 2.95. The molecule has 2 unspecified atom stereocenters. The van der Waals surface area contributed by atoms with Gasteiger partial charge in [-0.25, -0.2) is 0 Å². The molecular formula is C13H23N3. The third kappa shape index (κ3) is 2.39. The predicted octanol–water partition coefficient (Wildman–Crippen LogP) is 1.90. The van der Waals surface area contributed by atoms with Crippen LogP contribution in [-0.2, 0) is 0 Å². The molecule has 0 aliphatic heterocycles. The Hall–Kier alpha value is -0.590. The number of nitrogens with zero attached hydrogens (tertiary/aromatic N) is 2. The summed E-state index contributed by atoms with van der Waals surface area (Å²) in [6.07, 6.45) is 5.75. The highest BCUT2D eigenvalue weighted by molar-refractivity contribution is 5.15. The molecule has 0 radical (unpaired) electrons. The van der Waals surface area contributed by atoms with Gasteiger partial charge in [-0.1, -0.05) is 13.8 Å². The predicted molar refractivity (Wildman–Crippen MR) is 65.1 cm³/mol. The normalized spacial score (nSPS) is 34.2. The second-order valence-electron chi connectivity index (χ2n) is 5.23. The highest BCUT2D eigenvalue weighted by Crippen LogP contribution is 2.35. The Kier molecular flexibility index (Phi) is 3.51. The summed E-state index contributed by atoms with van der Waals surface area (Å²) in [6.45, 7) is 6.63. The van der Waals surface area contributed by atoms with E-state index in [-0.39, 0.29) is 5.54 Å². The standard InChI is InChI=1S/C13H23N3/c1-3-16(4-2)12-7-8-13(9-12,10-14)15-11-5-6-11/h11-12,15H,3-9H2,1-2H3. The maximum Gasteiger partial charge on any atom is 0.108 e. The Morgan fingerprint density at radius 2 is 2.00 bits per heavy atom. The van der Waals surface area contributed by atoms with Crippen molar-refractivity contribution in [2.24, 2.45) is 0 Å². The summed E-state index contributed by atoms with van der Waals surface area (Å²) in [7, 11) is 0. The molecular weight excluding hydrogens is 198 g/mol. The van der Waals surface area contributed by atoms with Crippen molar-refractivity contribution in [2.75, 3.05) is 13.1 Å². The summed E-state index contributed by atoms with van der Waals surface area (Å²) >= 11 is 0. The molecule has 0 aromatic carbocycles. The lowest BCUT2D eigenvalue weighted by Crippen LogP contribution is -2.45. The average molecular weight is 221 g/mol. The Morgan fingerprint density at radius 1 is 1.31 bits per heavy atom. The Bertz CT molecular complexity index is 275. The Morgan fingerprint density at radius 3 is 2.50 bits per heavy atom. The summed E-state index contributed by atoms with van der Waals surface area (Å²) in [5.74, 6) is 0. The van der Waals surface area contributed by atoms with E-state index in [1.54, 1.807) is 0 Å². The van der Waals surface area contributed by atoms with Crippen molar-refractivity contribution in [1.82, 2.24) is 10.2 Å². The maximum atomic E-state index is 9.41. The molecule has 0 bridgehead atoms. The quantitative estimate of drug-likeness (QED) is 0.770. The van der Waals surface area contributed by atoms with E-state index in [2.05, 4.69) is 30.1 Å². The van der Waals surface area contributed by atoms with Crippen LogP contribution in [0.5, 0.6) is 0 Å². The summed E-state index contributed by atoms with van der Waals surface area (Å²) in [6, 6.07) is 3.79. The Labute approximate surface area is 98.8 Å². The third-order valence-electron chi connectivity index (χ3n) is 4.09. The minimum absolute atomic E-state index is 0.214. The fraction of sp³-hybridized carbons (Fsp3) is 0.923. The third-order valence-corrected chi connectivity index (χ3v) is 4.09. The smallest absolute Gasteiger partial charge is 0.108 e. The SMILES string of the molecule is CCN(CC)C1CCC(C#N)(NC2CC2)C1. The van der Waals surface area contributed by atoms with E-state index in [1.807, 2.05) is 0 Å². The van der Waals surface area contributed by atoms with Crippen LogP contribution in [0, 0.1) is 11.3 Å². The van der Waals surface area contributed by atoms with Gasteiger partial charge in [-0.3, -0.25) is 5.32 Å². The highest BCUT2D eigenvalue weighted by atomic mass is 15.2. The summed E-state index contributed by atoms with van der Waals surface area (Å²) in [5.41, 5.74) is -0.214. The number of nitrogens with one attached hydrogen (secondary N) is 1. The van der Waals surface area contributed by atoms with Gasteiger partial charge in [0.25, 0.3) is 0 Å². The monoisotopic (exact) mass is 221 g/mol. The second-order valence-corrected chi connectivity index (χ2v) is 5.23. The van der Waals surface area contributed by atoms with Gasteiger partial charge in [0.15, 0.2) is 0 Å². The largest absolute Gasteiger partial charge is 0.301 e. The highest BCUT2D eigenvalue weighted by Gasteiger charge is 2.43. The number of hydrogen-bond donors (Lipinski definition) is 1. The van der Waals surface area contributed by atoms with Gasteiger partial charge in [-0.05, 0) is 45.2 Å². The fourth-order valence-corrected chi connectivity index (χ4v) is 2.95. The van der Waals surface area contributed by atoms with Crippen LogP contribution < -0.4 is 5.32 Å². The van der Waals surface area contributed by atoms with Crippen LogP contribution in [0.1, 0.15) is 46.0 Å². The van der Waals surface area contributed by atoms with Crippen LogP contribution in [-0.4, -0.2) is 35.6 Å². The lowest BCUT2D eigenvalue weighted by atomic mass is 9.99. The van der Waals surface area contributed by atoms with Gasteiger partial charge in [0, 0.05) is 12.1 Å². The first-order valence-corrected chi connectivity index (χ1v) is 6.66. The molecule has 0 heterocycles. The number of hydrogen-bond acceptors (Lipinski definition) is 3. The van der Waals surface area contributed by atoms with Crippen LogP contribution in [0.25, 0.3) is 0 Å². The van der Waals surface area contributed by atoms with Gasteiger partial charge in [0.05, 0.1) is 6.07 Å². The molecule has 16 heavy (non-hydrogen) atoms. The van der Waals surface area contributed by atoms with E-state index in [0.29, 0.717) is 12.1 Å². The summed E-state index contributed by atoms with van der Waals surface area (Å²) < 4.78 is 0. The van der Waals surface area contributed by atoms with Crippen molar-refractivity contribution in [3.05, 3.63) is 0 Å². The summed E-state index contributed by atoms with van der Waals surface area (Å²) in [4.78, 5) is 2.49. The second kappa shape index (κ2) is 4.73. The molecule has 2 fully saturated rings. The maximum absolute atomic E-state index is 9.41. The zero-order valence-corrected chi connectivity index (χ0v) is 10.5. The molecule has 1 N–H and O–H groups in total. The van der Waals surface area contributed by atoms with Crippen molar-refractivity contribution >= 4 is 0 Å². The molecule has 3 heteroatoms. The molecule has 2 aliphatic rings. The van der Waals surface area contributed by atoms with Gasteiger partial charge >= 0.3 is 0 Å². The molecule has 3 nitrogen and oxygen atoms in total. The van der Waals surface area contributed by atoms with Crippen molar-refractivity contribution in [2.45, 2.75) is 63.6 Å². The first kappa shape index (κ1) is 11.9. The molecule has 0 amide bonds. The van der Waals surface area contributed by atoms with Gasteiger partial charge in [0.2, 0.25) is 0 Å². The topological polar surface area (TPSA) is 39.1 Å². The van der Waals surface area contributed by atoms with Gasteiger partial charge < -0.3 is 4.90 Å². The number of nitriles is 1. The molecule has 2 saturated carbocycles. The van der Waals surface area contributed by atoms with E-state index < -0.39 is 0 Å². The zero-order chi connectivity index (χ0) is 11.6. The van der Waals surface area contributed by atoms with Crippen LogP contribution >= 0.6 is 0 Å². The molecule has 0 aromatic heterocycles. The summed E-state index contributed by atoms with van der Waals surface area (Å²) in [5, 5.41) is 13.0. The first-order valence-electron chi connectivity index (χ1n) is 6.66. The van der Waals surface area contributed by atoms with Crippen LogP contribution in [0.4, 0.5) is 0 Å². The van der Waals surface area contributed by atoms with Crippen LogP contribution in [0.15, 0.2) is 0 Å². The lowest BCUT2D eigenvalue weighted by Gasteiger charge is -2.28. The van der Waals surface area contributed by atoms with Gasteiger partial charge in [0.1, 0.15) is 5.54 Å². The van der Waals surface area contributed by atoms with E-state index in [9.17, 15) is 5.26 Å². The molecule has 2 atom stereocenters. The van der Waals surface area contributed by atoms with Crippen molar-refractivity contribution < 1.29 is 0 Å². The minimum Gasteiger partial charge on any atom is -0.301 e. The first-order chi connectivity index (χ1) is 7.73. The lowest BCUT2D eigenvalue weighted by molar-refractivity contribution is 0.212. The van der Waals surface area contributed by atoms with Gasteiger partial charge in [-0.15, -0.1) is 0 Å². The van der Waals surface area contributed by atoms with Crippen molar-refractivity contribution in [3.8, 4) is 6.07 Å². The zero-order valence-electron chi connectivity index (χ0n) is 10.5. The van der Waals surface area contributed by atoms with E-state index >= 15 is 0 Å². The van der Waals surface area contributed by atoms with E-state index in [0.717, 1.165) is 25.9 Å². The van der Waals surface area contributed by atoms with Crippen LogP contribution in [0.2, 0.25) is 0 Å². The van der Waals surface area contributed by atoms with Crippen LogP contribution in [0.3, 0.4) is 0 Å². The molecule has 0 spiro atoms. The van der Waals surface area contributed by atoms with Crippen molar-refractivity contribution in [1.29, 1.82) is 5.26 Å². The molecule has 2 rings (SSSR count). The van der Waals surface area contributed by atoms with E-state index in [1.165, 1.54) is 19.3 Å². The Balaban J connectivity index is 1.95. The molecule has 2 aliphatic carbocycles. The molecule has 0 saturated heterocycles. The van der Waals surface area contributed by atoms with Gasteiger partial charge in [-0.2, -0.15) is 5.26 Å². The molecule has 90 valence electrons. The average Bonchev–Trinajstić information content (AvgIpc) is 3.01. The van der Waals surface area contributed by atoms with E-state index in [4.69, 9.17) is 0 Å².